The average molecular weight is 246 g/mol. The summed E-state index contributed by atoms with van der Waals surface area (Å²) in [5.74, 6) is 0.0953. The Hall–Kier alpha value is -1.35. The number of hydrogen-bond acceptors (Lipinski definition) is 2. The summed E-state index contributed by atoms with van der Waals surface area (Å²) in [7, 11) is 2.00. The zero-order valence-corrected chi connectivity index (χ0v) is 11.6. The molecule has 1 unspecified atom stereocenters. The molecular weight excluding hydrogens is 224 g/mol. The van der Waals surface area contributed by atoms with Gasteiger partial charge in [-0.25, -0.2) is 0 Å². The lowest BCUT2D eigenvalue weighted by Crippen LogP contribution is -2.31. The van der Waals surface area contributed by atoms with Crippen molar-refractivity contribution in [1.82, 2.24) is 5.32 Å². The van der Waals surface area contributed by atoms with E-state index < -0.39 is 0 Å². The van der Waals surface area contributed by atoms with Crippen LogP contribution >= 0.6 is 0 Å². The van der Waals surface area contributed by atoms with Crippen molar-refractivity contribution < 1.29 is 4.79 Å². The summed E-state index contributed by atoms with van der Waals surface area (Å²) in [6.45, 7) is 6.75. The van der Waals surface area contributed by atoms with E-state index in [1.165, 1.54) is 5.56 Å². The predicted molar refractivity (Wildman–Crippen MR) is 74.6 cm³/mol. The molecule has 1 aliphatic rings. The summed E-state index contributed by atoms with van der Waals surface area (Å²) < 4.78 is 0. The number of benzene rings is 1. The molecule has 3 heteroatoms. The van der Waals surface area contributed by atoms with Crippen molar-refractivity contribution in [3.8, 4) is 0 Å². The molecule has 0 fully saturated rings. The third-order valence-corrected chi connectivity index (χ3v) is 4.07. The molecule has 1 aromatic carbocycles. The number of hydrogen-bond donors (Lipinski definition) is 2. The zero-order chi connectivity index (χ0) is 13.3. The first-order valence-electron chi connectivity index (χ1n) is 6.58. The Morgan fingerprint density at radius 1 is 1.44 bits per heavy atom. The maximum atomic E-state index is 11.4. The minimum atomic E-state index is 0.0953. The Morgan fingerprint density at radius 2 is 2.17 bits per heavy atom. The van der Waals surface area contributed by atoms with E-state index in [-0.39, 0.29) is 11.3 Å². The highest BCUT2D eigenvalue weighted by atomic mass is 16.1. The average Bonchev–Trinajstić information content (AvgIpc) is 2.69. The van der Waals surface area contributed by atoms with Crippen LogP contribution < -0.4 is 10.6 Å². The van der Waals surface area contributed by atoms with Gasteiger partial charge in [0.15, 0.2) is 0 Å². The number of amides is 1. The van der Waals surface area contributed by atoms with E-state index in [1.54, 1.807) is 0 Å². The van der Waals surface area contributed by atoms with E-state index in [0.29, 0.717) is 12.5 Å². The van der Waals surface area contributed by atoms with Crippen LogP contribution in [-0.2, 0) is 11.2 Å². The second-order valence-electron chi connectivity index (χ2n) is 5.71. The van der Waals surface area contributed by atoms with Gasteiger partial charge in [-0.2, -0.15) is 0 Å². The first kappa shape index (κ1) is 13.1. The van der Waals surface area contributed by atoms with Crippen molar-refractivity contribution in [2.75, 3.05) is 12.4 Å². The molecule has 98 valence electrons. The first-order valence-corrected chi connectivity index (χ1v) is 6.58. The molecule has 1 heterocycles. The number of carbonyl (C=O) groups is 1. The van der Waals surface area contributed by atoms with Gasteiger partial charge in [0.25, 0.3) is 0 Å². The van der Waals surface area contributed by atoms with Crippen LogP contribution in [0.3, 0.4) is 0 Å². The molecule has 2 rings (SSSR count). The SMILES string of the molecule is CCC(C)(C)C(NC)c1ccc2c(c1)CC(=O)N2. The Balaban J connectivity index is 2.34. The highest BCUT2D eigenvalue weighted by molar-refractivity contribution is 5.99. The standard InChI is InChI=1S/C15H22N2O/c1-5-15(2,3)14(16-4)10-6-7-12-11(8-10)9-13(18)17-12/h6-8,14,16H,5,9H2,1-4H3,(H,17,18). The Bertz CT molecular complexity index is 466. The minimum Gasteiger partial charge on any atom is -0.326 e. The van der Waals surface area contributed by atoms with Gasteiger partial charge in [0.05, 0.1) is 6.42 Å². The van der Waals surface area contributed by atoms with Crippen LogP contribution in [0.15, 0.2) is 18.2 Å². The molecule has 1 aliphatic heterocycles. The van der Waals surface area contributed by atoms with Crippen molar-refractivity contribution >= 4 is 11.6 Å². The Labute approximate surface area is 109 Å². The molecular formula is C15H22N2O. The van der Waals surface area contributed by atoms with Crippen LogP contribution in [0.25, 0.3) is 0 Å². The van der Waals surface area contributed by atoms with Gasteiger partial charge >= 0.3 is 0 Å². The maximum Gasteiger partial charge on any atom is 0.228 e. The summed E-state index contributed by atoms with van der Waals surface area (Å²) in [5.41, 5.74) is 3.54. The van der Waals surface area contributed by atoms with Crippen LogP contribution in [0.2, 0.25) is 0 Å². The van der Waals surface area contributed by atoms with Crippen molar-refractivity contribution in [2.45, 2.75) is 39.7 Å². The van der Waals surface area contributed by atoms with Gasteiger partial charge in [0.2, 0.25) is 5.91 Å². The van der Waals surface area contributed by atoms with Gasteiger partial charge < -0.3 is 10.6 Å². The number of rotatable bonds is 4. The third-order valence-electron chi connectivity index (χ3n) is 4.07. The highest BCUT2D eigenvalue weighted by Crippen LogP contribution is 2.37. The van der Waals surface area contributed by atoms with Crippen molar-refractivity contribution in [3.63, 3.8) is 0 Å². The third kappa shape index (κ3) is 2.27. The smallest absolute Gasteiger partial charge is 0.228 e. The fourth-order valence-corrected chi connectivity index (χ4v) is 2.64. The Kier molecular flexibility index (Phi) is 3.44. The van der Waals surface area contributed by atoms with E-state index in [9.17, 15) is 4.79 Å². The summed E-state index contributed by atoms with van der Waals surface area (Å²) >= 11 is 0. The first-order chi connectivity index (χ1) is 8.47. The molecule has 1 atom stereocenters. The molecule has 1 aromatic rings. The summed E-state index contributed by atoms with van der Waals surface area (Å²) in [6, 6.07) is 6.60. The van der Waals surface area contributed by atoms with E-state index in [2.05, 4.69) is 43.5 Å². The molecule has 2 N–H and O–H groups in total. The number of anilines is 1. The quantitative estimate of drug-likeness (QED) is 0.857. The van der Waals surface area contributed by atoms with Crippen LogP contribution in [0.5, 0.6) is 0 Å². The molecule has 0 bridgehead atoms. The topological polar surface area (TPSA) is 41.1 Å². The second kappa shape index (κ2) is 4.73. The van der Waals surface area contributed by atoms with Gasteiger partial charge in [0.1, 0.15) is 0 Å². The van der Waals surface area contributed by atoms with Gasteiger partial charge in [-0.05, 0) is 36.1 Å². The van der Waals surface area contributed by atoms with Crippen LogP contribution in [0.1, 0.15) is 44.4 Å². The molecule has 0 spiro atoms. The van der Waals surface area contributed by atoms with Crippen LogP contribution in [-0.4, -0.2) is 13.0 Å². The predicted octanol–water partition coefficient (Wildman–Crippen LogP) is 2.88. The van der Waals surface area contributed by atoms with Crippen LogP contribution in [0, 0.1) is 5.41 Å². The Morgan fingerprint density at radius 3 is 2.78 bits per heavy atom. The minimum absolute atomic E-state index is 0.0953. The van der Waals surface area contributed by atoms with E-state index in [0.717, 1.165) is 17.7 Å². The highest BCUT2D eigenvalue weighted by Gasteiger charge is 2.29. The van der Waals surface area contributed by atoms with Crippen molar-refractivity contribution in [1.29, 1.82) is 0 Å². The molecule has 0 saturated carbocycles. The number of fused-ring (bicyclic) bond motifs is 1. The monoisotopic (exact) mass is 246 g/mol. The maximum absolute atomic E-state index is 11.4. The lowest BCUT2D eigenvalue weighted by atomic mass is 9.78. The van der Waals surface area contributed by atoms with E-state index >= 15 is 0 Å². The van der Waals surface area contributed by atoms with Gasteiger partial charge in [-0.15, -0.1) is 0 Å². The normalized spacial score (nSPS) is 16.3. The van der Waals surface area contributed by atoms with Crippen LogP contribution in [0.4, 0.5) is 5.69 Å². The number of carbonyl (C=O) groups excluding carboxylic acids is 1. The molecule has 0 radical (unpaired) electrons. The lowest BCUT2D eigenvalue weighted by molar-refractivity contribution is -0.115. The van der Waals surface area contributed by atoms with E-state index in [1.807, 2.05) is 13.1 Å². The lowest BCUT2D eigenvalue weighted by Gasteiger charge is -2.34. The molecule has 0 aliphatic carbocycles. The molecule has 0 saturated heterocycles. The summed E-state index contributed by atoms with van der Waals surface area (Å²) in [5, 5.41) is 6.28. The fraction of sp³-hybridized carbons (Fsp3) is 0.533. The fourth-order valence-electron chi connectivity index (χ4n) is 2.64. The van der Waals surface area contributed by atoms with Crippen molar-refractivity contribution in [2.24, 2.45) is 5.41 Å². The molecule has 3 nitrogen and oxygen atoms in total. The molecule has 0 aromatic heterocycles. The largest absolute Gasteiger partial charge is 0.326 e. The van der Waals surface area contributed by atoms with Gasteiger partial charge in [-0.3, -0.25) is 4.79 Å². The molecule has 1 amide bonds. The molecule has 18 heavy (non-hydrogen) atoms. The summed E-state index contributed by atoms with van der Waals surface area (Å²) in [6.07, 6.45) is 1.61. The second-order valence-corrected chi connectivity index (χ2v) is 5.71. The van der Waals surface area contributed by atoms with E-state index in [4.69, 9.17) is 0 Å². The van der Waals surface area contributed by atoms with Gasteiger partial charge in [-0.1, -0.05) is 32.9 Å². The van der Waals surface area contributed by atoms with Gasteiger partial charge in [0, 0.05) is 11.7 Å². The van der Waals surface area contributed by atoms with Crippen molar-refractivity contribution in [3.05, 3.63) is 29.3 Å². The summed E-state index contributed by atoms with van der Waals surface area (Å²) in [4.78, 5) is 11.4. The zero-order valence-electron chi connectivity index (χ0n) is 11.6. The number of nitrogens with one attached hydrogen (secondary N) is 2.